The summed E-state index contributed by atoms with van der Waals surface area (Å²) < 4.78 is 14.9. The third-order valence-corrected chi connectivity index (χ3v) is 4.67. The van der Waals surface area contributed by atoms with Gasteiger partial charge in [-0.3, -0.25) is 9.69 Å². The number of nitrogens with one attached hydrogen (secondary N) is 1. The predicted molar refractivity (Wildman–Crippen MR) is 97.0 cm³/mol. The maximum absolute atomic E-state index is 13.8. The van der Waals surface area contributed by atoms with Gasteiger partial charge in [-0.2, -0.15) is 0 Å². The molecule has 0 unspecified atom stereocenters. The number of nitrogens with zero attached hydrogens (tertiary/aromatic N) is 1. The van der Waals surface area contributed by atoms with E-state index in [4.69, 9.17) is 0 Å². The number of hydrogen-bond acceptors (Lipinski definition) is 3. The summed E-state index contributed by atoms with van der Waals surface area (Å²) in [5, 5.41) is 12.5. The largest absolute Gasteiger partial charge is 0.506 e. The van der Waals surface area contributed by atoms with Gasteiger partial charge in [-0.05, 0) is 40.2 Å². The summed E-state index contributed by atoms with van der Waals surface area (Å²) in [6, 6.07) is 8.54. The van der Waals surface area contributed by atoms with Crippen LogP contribution in [0.4, 0.5) is 9.18 Å². The van der Waals surface area contributed by atoms with Crippen molar-refractivity contribution in [1.29, 1.82) is 0 Å². The number of urea groups is 1. The molecule has 0 radical (unpaired) electrons. The van der Waals surface area contributed by atoms with Gasteiger partial charge in [0.05, 0.1) is 11.0 Å². The average Bonchev–Trinajstić information content (AvgIpc) is 2.81. The smallest absolute Gasteiger partial charge is 0.329 e. The van der Waals surface area contributed by atoms with Crippen LogP contribution in [0, 0.1) is 5.82 Å². The Balaban J connectivity index is 1.90. The van der Waals surface area contributed by atoms with Gasteiger partial charge in [0.2, 0.25) is 0 Å². The summed E-state index contributed by atoms with van der Waals surface area (Å²) in [5.41, 5.74) is 0.583. The number of rotatable bonds is 3. The quantitative estimate of drug-likeness (QED) is 0.524. The fourth-order valence-corrected chi connectivity index (χ4v) is 3.62. The first kappa shape index (κ1) is 17.6. The predicted octanol–water partition coefficient (Wildman–Crippen LogP) is 4.15. The average molecular weight is 470 g/mol. The third-order valence-electron chi connectivity index (χ3n) is 3.61. The van der Waals surface area contributed by atoms with Gasteiger partial charge in [-0.1, -0.05) is 34.1 Å². The molecule has 5 nitrogen and oxygen atoms in total. The van der Waals surface area contributed by atoms with Crippen LogP contribution in [0.25, 0.3) is 6.08 Å². The lowest BCUT2D eigenvalue weighted by atomic mass is 10.1. The Bertz CT molecular complexity index is 915. The van der Waals surface area contributed by atoms with Crippen molar-refractivity contribution in [1.82, 2.24) is 10.2 Å². The highest BCUT2D eigenvalue weighted by Gasteiger charge is 2.34. The van der Waals surface area contributed by atoms with E-state index in [0.717, 1.165) is 4.90 Å². The van der Waals surface area contributed by atoms with Gasteiger partial charge in [0.25, 0.3) is 5.91 Å². The van der Waals surface area contributed by atoms with Gasteiger partial charge in [0.1, 0.15) is 17.3 Å². The van der Waals surface area contributed by atoms with E-state index in [9.17, 15) is 19.1 Å². The lowest BCUT2D eigenvalue weighted by Crippen LogP contribution is -2.30. The summed E-state index contributed by atoms with van der Waals surface area (Å²) in [4.78, 5) is 25.4. The number of aromatic hydroxyl groups is 1. The minimum atomic E-state index is -0.645. The van der Waals surface area contributed by atoms with E-state index in [1.54, 1.807) is 18.2 Å². The second-order valence-corrected chi connectivity index (χ2v) is 7.07. The molecule has 0 aromatic heterocycles. The number of halogens is 3. The molecule has 128 valence electrons. The normalized spacial score (nSPS) is 15.8. The van der Waals surface area contributed by atoms with Crippen LogP contribution in [0.15, 0.2) is 51.0 Å². The molecule has 0 bridgehead atoms. The minimum Gasteiger partial charge on any atom is -0.506 e. The van der Waals surface area contributed by atoms with Crippen molar-refractivity contribution in [2.24, 2.45) is 0 Å². The van der Waals surface area contributed by atoms with Crippen molar-refractivity contribution in [2.45, 2.75) is 6.54 Å². The highest BCUT2D eigenvalue weighted by Crippen LogP contribution is 2.33. The fraction of sp³-hybridized carbons (Fsp3) is 0.0588. The Morgan fingerprint density at radius 1 is 1.20 bits per heavy atom. The molecular weight excluding hydrogens is 459 g/mol. The van der Waals surface area contributed by atoms with Gasteiger partial charge >= 0.3 is 6.03 Å². The number of phenolic OH excluding ortho intramolecular Hbond substituents is 1. The maximum Gasteiger partial charge on any atom is 0.329 e. The molecule has 1 saturated heterocycles. The zero-order valence-corrected chi connectivity index (χ0v) is 15.8. The van der Waals surface area contributed by atoms with Crippen LogP contribution in [-0.4, -0.2) is 21.9 Å². The van der Waals surface area contributed by atoms with Crippen LogP contribution in [0.3, 0.4) is 0 Å². The molecule has 1 heterocycles. The van der Waals surface area contributed by atoms with Crippen LogP contribution in [0.5, 0.6) is 5.75 Å². The monoisotopic (exact) mass is 468 g/mol. The summed E-state index contributed by atoms with van der Waals surface area (Å²) in [5.74, 6) is -1.15. The van der Waals surface area contributed by atoms with E-state index in [0.29, 0.717) is 14.5 Å². The number of carbonyl (C=O) groups is 2. The van der Waals surface area contributed by atoms with Crippen LogP contribution >= 0.6 is 31.9 Å². The molecule has 2 N–H and O–H groups in total. The molecule has 8 heteroatoms. The number of hydrogen-bond donors (Lipinski definition) is 2. The Kier molecular flexibility index (Phi) is 4.91. The van der Waals surface area contributed by atoms with Gasteiger partial charge in [-0.25, -0.2) is 9.18 Å². The van der Waals surface area contributed by atoms with Crippen LogP contribution in [-0.2, 0) is 11.3 Å². The molecule has 0 spiro atoms. The van der Waals surface area contributed by atoms with E-state index < -0.39 is 17.8 Å². The second-order valence-electron chi connectivity index (χ2n) is 5.30. The van der Waals surface area contributed by atoms with E-state index in [1.807, 2.05) is 0 Å². The van der Waals surface area contributed by atoms with Crippen molar-refractivity contribution in [3.63, 3.8) is 0 Å². The minimum absolute atomic E-state index is 0.00152. The molecule has 3 amide bonds. The number of benzene rings is 2. The molecule has 0 saturated carbocycles. The molecule has 1 aliphatic heterocycles. The molecule has 2 aromatic carbocycles. The topological polar surface area (TPSA) is 69.6 Å². The summed E-state index contributed by atoms with van der Waals surface area (Å²) >= 11 is 6.50. The first-order chi connectivity index (χ1) is 11.9. The molecular formula is C17H11Br2FN2O3. The van der Waals surface area contributed by atoms with Crippen molar-refractivity contribution >= 4 is 49.9 Å². The van der Waals surface area contributed by atoms with E-state index in [2.05, 4.69) is 37.2 Å². The first-order valence-electron chi connectivity index (χ1n) is 7.13. The van der Waals surface area contributed by atoms with Crippen molar-refractivity contribution < 1.29 is 19.1 Å². The summed E-state index contributed by atoms with van der Waals surface area (Å²) in [6.07, 6.45) is 1.37. The Morgan fingerprint density at radius 3 is 2.64 bits per heavy atom. The van der Waals surface area contributed by atoms with Gasteiger partial charge in [0.15, 0.2) is 0 Å². The van der Waals surface area contributed by atoms with E-state index in [-0.39, 0.29) is 23.6 Å². The van der Waals surface area contributed by atoms with Crippen LogP contribution in [0.2, 0.25) is 0 Å². The van der Waals surface area contributed by atoms with Crippen molar-refractivity contribution in [3.05, 3.63) is 68.0 Å². The highest BCUT2D eigenvalue weighted by molar-refractivity contribution is 9.11. The van der Waals surface area contributed by atoms with Crippen molar-refractivity contribution in [2.75, 3.05) is 0 Å². The number of imide groups is 1. The van der Waals surface area contributed by atoms with Gasteiger partial charge < -0.3 is 10.4 Å². The standard InChI is InChI=1S/C17H11Br2FN2O3/c18-11-5-10(15(23)12(19)7-11)6-14-16(24)22(17(25)21-14)8-9-3-1-2-4-13(9)20/h1-7,23H,8H2,(H,21,25)/b14-6+. The number of carbonyl (C=O) groups excluding carboxylic acids is 2. The number of phenols is 1. The highest BCUT2D eigenvalue weighted by atomic mass is 79.9. The second kappa shape index (κ2) is 6.97. The summed E-state index contributed by atoms with van der Waals surface area (Å²) in [7, 11) is 0. The third kappa shape index (κ3) is 3.59. The Labute approximate surface area is 159 Å². The maximum atomic E-state index is 13.8. The zero-order chi connectivity index (χ0) is 18.1. The van der Waals surface area contributed by atoms with E-state index >= 15 is 0 Å². The van der Waals surface area contributed by atoms with E-state index in [1.165, 1.54) is 24.3 Å². The lowest BCUT2D eigenvalue weighted by molar-refractivity contribution is -0.123. The Morgan fingerprint density at radius 2 is 1.92 bits per heavy atom. The SMILES string of the molecule is O=C1N/C(=C/c2cc(Br)cc(Br)c2O)C(=O)N1Cc1ccccc1F. The molecule has 1 aliphatic rings. The molecule has 0 atom stereocenters. The number of amides is 3. The molecule has 2 aromatic rings. The molecule has 25 heavy (non-hydrogen) atoms. The first-order valence-corrected chi connectivity index (χ1v) is 8.71. The summed E-state index contributed by atoms with van der Waals surface area (Å²) in [6.45, 7) is -0.178. The van der Waals surface area contributed by atoms with Gasteiger partial charge in [0, 0.05) is 15.6 Å². The van der Waals surface area contributed by atoms with Gasteiger partial charge in [-0.15, -0.1) is 0 Å². The zero-order valence-electron chi connectivity index (χ0n) is 12.6. The fourth-order valence-electron chi connectivity index (χ4n) is 2.36. The van der Waals surface area contributed by atoms with Crippen molar-refractivity contribution in [3.8, 4) is 5.75 Å². The molecule has 3 rings (SSSR count). The molecule has 1 fully saturated rings. The molecule has 0 aliphatic carbocycles. The van der Waals surface area contributed by atoms with Crippen LogP contribution < -0.4 is 5.32 Å². The Hall–Kier alpha value is -2.19. The van der Waals surface area contributed by atoms with Crippen LogP contribution in [0.1, 0.15) is 11.1 Å². The lowest BCUT2D eigenvalue weighted by Gasteiger charge is -2.12.